The van der Waals surface area contributed by atoms with Crippen LogP contribution in [0.3, 0.4) is 0 Å². The first kappa shape index (κ1) is 24.2. The Morgan fingerprint density at radius 3 is 1.74 bits per heavy atom. The van der Waals surface area contributed by atoms with Gasteiger partial charge in [0.05, 0.1) is 22.3 Å². The number of rotatable bonds is 5. The van der Waals surface area contributed by atoms with Crippen LogP contribution in [0.1, 0.15) is 0 Å². The molecule has 198 valence electrons. The molecule has 0 spiro atoms. The highest BCUT2D eigenvalue weighted by atomic mass is 16.3. The Balaban J connectivity index is 1.46. The van der Waals surface area contributed by atoms with E-state index in [0.29, 0.717) is 0 Å². The van der Waals surface area contributed by atoms with Gasteiger partial charge in [0.15, 0.2) is 0 Å². The van der Waals surface area contributed by atoms with Gasteiger partial charge in [-0.3, -0.25) is 4.57 Å². The van der Waals surface area contributed by atoms with Gasteiger partial charge in [0.2, 0.25) is 0 Å². The third kappa shape index (κ3) is 4.03. The molecule has 2 heterocycles. The molecular formula is C39H26N2O. The Morgan fingerprint density at radius 2 is 1.07 bits per heavy atom. The number of hydrogen-bond acceptors (Lipinski definition) is 2. The molecule has 0 aliphatic carbocycles. The van der Waals surface area contributed by atoms with Gasteiger partial charge in [-0.1, -0.05) is 127 Å². The summed E-state index contributed by atoms with van der Waals surface area (Å²) in [4.78, 5) is 5.26. The van der Waals surface area contributed by atoms with E-state index >= 15 is 0 Å². The third-order valence-electron chi connectivity index (χ3n) is 7.91. The lowest BCUT2D eigenvalue weighted by Crippen LogP contribution is -2.03. The van der Waals surface area contributed by atoms with Crippen LogP contribution in [-0.4, -0.2) is 9.55 Å². The van der Waals surface area contributed by atoms with Gasteiger partial charge in [0.25, 0.3) is 0 Å². The zero-order valence-corrected chi connectivity index (χ0v) is 22.8. The molecule has 0 saturated heterocycles. The molecule has 8 rings (SSSR count). The van der Waals surface area contributed by atoms with Crippen molar-refractivity contribution in [2.75, 3.05) is 0 Å². The van der Waals surface area contributed by atoms with E-state index in [0.717, 1.165) is 66.9 Å². The van der Waals surface area contributed by atoms with Gasteiger partial charge in [-0.05, 0) is 46.5 Å². The minimum absolute atomic E-state index is 0.836. The number of imidazole rings is 1. The second-order valence-corrected chi connectivity index (χ2v) is 10.4. The van der Waals surface area contributed by atoms with E-state index < -0.39 is 0 Å². The molecule has 2 aromatic heterocycles. The Hall–Kier alpha value is -5.67. The molecule has 0 atom stereocenters. The molecule has 0 amide bonds. The minimum atomic E-state index is 0.836. The SMILES string of the molecule is c1ccc(-c2ccc3occ(-c4nc5ccccc5n4-c4c(-c5ccccc5)cccc4-c4ccccc4)c3c2)cc1. The highest BCUT2D eigenvalue weighted by Crippen LogP contribution is 2.42. The smallest absolute Gasteiger partial charge is 0.149 e. The topological polar surface area (TPSA) is 31.0 Å². The van der Waals surface area contributed by atoms with Gasteiger partial charge < -0.3 is 4.42 Å². The lowest BCUT2D eigenvalue weighted by atomic mass is 9.95. The first-order valence-electron chi connectivity index (χ1n) is 14.1. The van der Waals surface area contributed by atoms with Gasteiger partial charge in [-0.15, -0.1) is 0 Å². The van der Waals surface area contributed by atoms with Crippen LogP contribution in [0.4, 0.5) is 0 Å². The summed E-state index contributed by atoms with van der Waals surface area (Å²) in [6, 6.07) is 53.0. The molecule has 8 aromatic rings. The average molecular weight is 539 g/mol. The van der Waals surface area contributed by atoms with E-state index in [1.807, 2.05) is 18.4 Å². The summed E-state index contributed by atoms with van der Waals surface area (Å²) < 4.78 is 8.48. The van der Waals surface area contributed by atoms with Crippen molar-refractivity contribution >= 4 is 22.0 Å². The van der Waals surface area contributed by atoms with Crippen LogP contribution in [0.5, 0.6) is 0 Å². The molecule has 0 N–H and O–H groups in total. The molecule has 3 heteroatoms. The van der Waals surface area contributed by atoms with Gasteiger partial charge in [0.1, 0.15) is 17.7 Å². The maximum atomic E-state index is 6.16. The molecule has 0 saturated carbocycles. The van der Waals surface area contributed by atoms with Crippen LogP contribution in [0, 0.1) is 0 Å². The van der Waals surface area contributed by atoms with E-state index in [-0.39, 0.29) is 0 Å². The first-order valence-corrected chi connectivity index (χ1v) is 14.1. The second kappa shape index (κ2) is 10.1. The largest absolute Gasteiger partial charge is 0.464 e. The Morgan fingerprint density at radius 1 is 0.476 bits per heavy atom. The maximum absolute atomic E-state index is 6.16. The fourth-order valence-corrected chi connectivity index (χ4v) is 5.93. The van der Waals surface area contributed by atoms with E-state index in [1.165, 1.54) is 5.56 Å². The number of fused-ring (bicyclic) bond motifs is 2. The van der Waals surface area contributed by atoms with Crippen LogP contribution in [0.25, 0.3) is 72.5 Å². The van der Waals surface area contributed by atoms with Crippen molar-refractivity contribution < 1.29 is 4.42 Å². The molecule has 6 aromatic carbocycles. The second-order valence-electron chi connectivity index (χ2n) is 10.4. The summed E-state index contributed by atoms with van der Waals surface area (Å²) in [5.74, 6) is 0.848. The molecule has 0 bridgehead atoms. The van der Waals surface area contributed by atoms with Gasteiger partial charge in [-0.25, -0.2) is 4.98 Å². The predicted octanol–water partition coefficient (Wildman–Crippen LogP) is 10.4. The number of benzene rings is 6. The summed E-state index contributed by atoms with van der Waals surface area (Å²) in [5.41, 5.74) is 11.7. The van der Waals surface area contributed by atoms with Gasteiger partial charge in [-0.2, -0.15) is 0 Å². The van der Waals surface area contributed by atoms with Crippen LogP contribution < -0.4 is 0 Å². The minimum Gasteiger partial charge on any atom is -0.464 e. The fourth-order valence-electron chi connectivity index (χ4n) is 5.93. The Kier molecular flexibility index (Phi) is 5.79. The molecule has 0 aliphatic heterocycles. The van der Waals surface area contributed by atoms with Crippen molar-refractivity contribution in [2.45, 2.75) is 0 Å². The van der Waals surface area contributed by atoms with Gasteiger partial charge >= 0.3 is 0 Å². The monoisotopic (exact) mass is 538 g/mol. The van der Waals surface area contributed by atoms with Crippen LogP contribution in [-0.2, 0) is 0 Å². The van der Waals surface area contributed by atoms with E-state index in [9.17, 15) is 0 Å². The van der Waals surface area contributed by atoms with E-state index in [4.69, 9.17) is 9.40 Å². The normalized spacial score (nSPS) is 11.3. The summed E-state index contributed by atoms with van der Waals surface area (Å²) in [6.45, 7) is 0. The summed E-state index contributed by atoms with van der Waals surface area (Å²) in [7, 11) is 0. The lowest BCUT2D eigenvalue weighted by molar-refractivity contribution is 0.616. The third-order valence-corrected chi connectivity index (χ3v) is 7.91. The number of furan rings is 1. The average Bonchev–Trinajstić information content (AvgIpc) is 3.66. The standard InChI is InChI=1S/C39H26N2O/c1-4-13-27(14-5-1)30-23-24-37-33(25-30)34(26-42-37)39-40-35-21-10-11-22-36(35)41(39)38-31(28-15-6-2-7-16-28)19-12-20-32(38)29-17-8-3-9-18-29/h1-26H. The summed E-state index contributed by atoms with van der Waals surface area (Å²) >= 11 is 0. The maximum Gasteiger partial charge on any atom is 0.149 e. The number of nitrogens with zero attached hydrogens (tertiary/aromatic N) is 2. The zero-order chi connectivity index (χ0) is 27.9. The van der Waals surface area contributed by atoms with Crippen molar-refractivity contribution in [3.05, 3.63) is 158 Å². The molecule has 0 aliphatic rings. The number of para-hydroxylation sites is 3. The van der Waals surface area contributed by atoms with Crippen molar-refractivity contribution in [1.29, 1.82) is 0 Å². The lowest BCUT2D eigenvalue weighted by Gasteiger charge is -2.19. The van der Waals surface area contributed by atoms with E-state index in [2.05, 4.69) is 144 Å². The van der Waals surface area contributed by atoms with Crippen LogP contribution in [0.15, 0.2) is 162 Å². The molecular weight excluding hydrogens is 512 g/mol. The highest BCUT2D eigenvalue weighted by Gasteiger charge is 2.23. The number of hydrogen-bond donors (Lipinski definition) is 0. The van der Waals surface area contributed by atoms with Crippen molar-refractivity contribution in [3.8, 4) is 50.5 Å². The van der Waals surface area contributed by atoms with Crippen molar-refractivity contribution in [1.82, 2.24) is 9.55 Å². The molecule has 0 unspecified atom stereocenters. The van der Waals surface area contributed by atoms with Crippen molar-refractivity contribution in [2.24, 2.45) is 0 Å². The Bertz CT molecular complexity index is 2120. The zero-order valence-electron chi connectivity index (χ0n) is 22.8. The van der Waals surface area contributed by atoms with Crippen LogP contribution in [0.2, 0.25) is 0 Å². The fraction of sp³-hybridized carbons (Fsp3) is 0. The van der Waals surface area contributed by atoms with Crippen LogP contribution >= 0.6 is 0 Å². The quantitative estimate of drug-likeness (QED) is 0.218. The molecule has 0 radical (unpaired) electrons. The number of aromatic nitrogens is 2. The molecule has 0 fully saturated rings. The van der Waals surface area contributed by atoms with E-state index in [1.54, 1.807) is 0 Å². The van der Waals surface area contributed by atoms with Crippen molar-refractivity contribution in [3.63, 3.8) is 0 Å². The molecule has 3 nitrogen and oxygen atoms in total. The summed E-state index contributed by atoms with van der Waals surface area (Å²) in [5, 5.41) is 1.03. The predicted molar refractivity (Wildman–Crippen MR) is 173 cm³/mol. The Labute approximate surface area is 244 Å². The highest BCUT2D eigenvalue weighted by molar-refractivity contribution is 5.99. The summed E-state index contributed by atoms with van der Waals surface area (Å²) in [6.07, 6.45) is 1.85. The first-order chi connectivity index (χ1) is 20.8. The van der Waals surface area contributed by atoms with Gasteiger partial charge in [0, 0.05) is 16.5 Å². The molecule has 42 heavy (non-hydrogen) atoms.